The number of benzene rings is 3. The van der Waals surface area contributed by atoms with Gasteiger partial charge in [-0.3, -0.25) is 9.59 Å². The average Bonchev–Trinajstić information content (AvgIpc) is 2.72. The van der Waals surface area contributed by atoms with E-state index in [0.717, 1.165) is 35.2 Å². The van der Waals surface area contributed by atoms with E-state index >= 15 is 0 Å². The molecule has 0 aromatic heterocycles. The van der Waals surface area contributed by atoms with Crippen LogP contribution in [0.1, 0.15) is 15.9 Å². The number of carbonyl (C=O) groups is 2. The molecule has 3 aromatic rings. The van der Waals surface area contributed by atoms with Gasteiger partial charge in [-0.2, -0.15) is 0 Å². The van der Waals surface area contributed by atoms with Gasteiger partial charge >= 0.3 is 0 Å². The maximum absolute atomic E-state index is 14.1. The smallest absolute Gasteiger partial charge is 0.254 e. The molecule has 0 bridgehead atoms. The lowest BCUT2D eigenvalue weighted by Crippen LogP contribution is -2.38. The van der Waals surface area contributed by atoms with Gasteiger partial charge in [-0.1, -0.05) is 17.7 Å². The maximum Gasteiger partial charge on any atom is 0.254 e. The Labute approximate surface area is 180 Å². The highest BCUT2D eigenvalue weighted by Gasteiger charge is 2.22. The van der Waals surface area contributed by atoms with Crippen LogP contribution in [0, 0.1) is 23.3 Å². The number of hydrogen-bond donors (Lipinski definition) is 1. The van der Waals surface area contributed by atoms with Crippen LogP contribution in [0.3, 0.4) is 0 Å². The normalized spacial score (nSPS) is 10.6. The van der Waals surface area contributed by atoms with Crippen molar-refractivity contribution in [2.75, 3.05) is 11.9 Å². The fourth-order valence-electron chi connectivity index (χ4n) is 2.80. The van der Waals surface area contributed by atoms with E-state index in [0.29, 0.717) is 0 Å². The number of nitrogens with one attached hydrogen (secondary N) is 1. The monoisotopic (exact) mass is 450 g/mol. The van der Waals surface area contributed by atoms with Crippen LogP contribution in [0.25, 0.3) is 0 Å². The molecule has 1 N–H and O–H groups in total. The molecule has 9 heteroatoms. The molecule has 0 unspecified atom stereocenters. The van der Waals surface area contributed by atoms with E-state index in [9.17, 15) is 27.2 Å². The van der Waals surface area contributed by atoms with Crippen LogP contribution in [-0.2, 0) is 11.3 Å². The molecule has 3 rings (SSSR count). The molecule has 31 heavy (non-hydrogen) atoms. The van der Waals surface area contributed by atoms with E-state index in [1.54, 1.807) is 0 Å². The lowest BCUT2D eigenvalue weighted by Gasteiger charge is -2.23. The lowest BCUT2D eigenvalue weighted by atomic mass is 10.1. The summed E-state index contributed by atoms with van der Waals surface area (Å²) in [6.45, 7) is -1.13. The zero-order valence-corrected chi connectivity index (χ0v) is 16.6. The number of halogens is 5. The minimum absolute atomic E-state index is 0.0239. The molecular formula is C22H15ClF4N2O2. The fraction of sp³-hybridized carbons (Fsp3) is 0.0909. The largest absolute Gasteiger partial charge is 0.325 e. The Morgan fingerprint density at radius 3 is 2.13 bits per heavy atom. The average molecular weight is 451 g/mol. The first-order valence-corrected chi connectivity index (χ1v) is 9.35. The van der Waals surface area contributed by atoms with Gasteiger partial charge in [0, 0.05) is 16.8 Å². The van der Waals surface area contributed by atoms with Crippen LogP contribution in [0.5, 0.6) is 0 Å². The van der Waals surface area contributed by atoms with E-state index in [1.165, 1.54) is 30.3 Å². The predicted molar refractivity (Wildman–Crippen MR) is 108 cm³/mol. The third-order valence-corrected chi connectivity index (χ3v) is 4.62. The molecule has 0 fully saturated rings. The molecule has 4 nitrogen and oxygen atoms in total. The van der Waals surface area contributed by atoms with Gasteiger partial charge in [0.25, 0.3) is 5.91 Å². The van der Waals surface area contributed by atoms with Gasteiger partial charge in [0.1, 0.15) is 29.8 Å². The summed E-state index contributed by atoms with van der Waals surface area (Å²) in [4.78, 5) is 26.3. The molecule has 0 saturated carbocycles. The number of amides is 2. The van der Waals surface area contributed by atoms with Crippen molar-refractivity contribution in [1.29, 1.82) is 0 Å². The summed E-state index contributed by atoms with van der Waals surface area (Å²) in [5, 5.41) is 2.22. The van der Waals surface area contributed by atoms with Crippen molar-refractivity contribution in [2.45, 2.75) is 6.54 Å². The van der Waals surface area contributed by atoms with Gasteiger partial charge < -0.3 is 10.2 Å². The summed E-state index contributed by atoms with van der Waals surface area (Å²) in [5.41, 5.74) is -0.214. The molecule has 0 radical (unpaired) electrons. The molecule has 0 heterocycles. The standard InChI is InChI=1S/C22H15ClF4N2O2/c23-17-10-15(8-9-20(17)27)28-21(30)12-29(11-16-18(25)2-1-3-19(16)26)22(31)13-4-6-14(24)7-5-13/h1-10H,11-12H2,(H,28,30). The Bertz CT molecular complexity index is 1100. The van der Waals surface area contributed by atoms with E-state index in [-0.39, 0.29) is 16.3 Å². The highest BCUT2D eigenvalue weighted by atomic mass is 35.5. The van der Waals surface area contributed by atoms with Crippen LogP contribution in [0.15, 0.2) is 60.7 Å². The number of hydrogen-bond acceptors (Lipinski definition) is 2. The molecule has 0 aliphatic rings. The Morgan fingerprint density at radius 1 is 0.871 bits per heavy atom. The molecule has 0 spiro atoms. The minimum atomic E-state index is -0.886. The molecule has 2 amide bonds. The first kappa shape index (κ1) is 22.3. The van der Waals surface area contributed by atoms with Crippen LogP contribution in [0.2, 0.25) is 5.02 Å². The second-order valence-electron chi connectivity index (χ2n) is 6.55. The van der Waals surface area contributed by atoms with Crippen molar-refractivity contribution in [3.05, 3.63) is 100 Å². The summed E-state index contributed by atoms with van der Waals surface area (Å²) in [5.74, 6) is -4.48. The first-order chi connectivity index (χ1) is 14.7. The van der Waals surface area contributed by atoms with Crippen LogP contribution < -0.4 is 5.32 Å². The second kappa shape index (κ2) is 9.61. The molecule has 0 saturated heterocycles. The van der Waals surface area contributed by atoms with Crippen LogP contribution >= 0.6 is 11.6 Å². The molecule has 3 aromatic carbocycles. The maximum atomic E-state index is 14.1. The van der Waals surface area contributed by atoms with E-state index < -0.39 is 53.7 Å². The number of nitrogens with zero attached hydrogens (tertiary/aromatic N) is 1. The van der Waals surface area contributed by atoms with Gasteiger partial charge in [0.2, 0.25) is 5.91 Å². The number of anilines is 1. The van der Waals surface area contributed by atoms with Crippen molar-refractivity contribution in [3.63, 3.8) is 0 Å². The lowest BCUT2D eigenvalue weighted by molar-refractivity contribution is -0.117. The van der Waals surface area contributed by atoms with E-state index in [1.807, 2.05) is 0 Å². The van der Waals surface area contributed by atoms with Gasteiger partial charge in [0.05, 0.1) is 11.6 Å². The van der Waals surface area contributed by atoms with Crippen LogP contribution in [0.4, 0.5) is 23.2 Å². The Kier molecular flexibility index (Phi) is 6.91. The highest BCUT2D eigenvalue weighted by molar-refractivity contribution is 6.31. The summed E-state index contributed by atoms with van der Waals surface area (Å²) >= 11 is 5.68. The third kappa shape index (κ3) is 5.61. The highest BCUT2D eigenvalue weighted by Crippen LogP contribution is 2.20. The Balaban J connectivity index is 1.85. The molecule has 160 valence electrons. The van der Waals surface area contributed by atoms with Gasteiger partial charge in [-0.05, 0) is 54.6 Å². The summed E-state index contributed by atoms with van der Waals surface area (Å²) in [6, 6.07) is 11.2. The predicted octanol–water partition coefficient (Wildman–Crippen LogP) is 5.18. The molecular weight excluding hydrogens is 436 g/mol. The van der Waals surface area contributed by atoms with Crippen molar-refractivity contribution in [3.8, 4) is 0 Å². The first-order valence-electron chi connectivity index (χ1n) is 8.97. The van der Waals surface area contributed by atoms with Crippen LogP contribution in [-0.4, -0.2) is 23.3 Å². The SMILES string of the molecule is O=C(CN(Cc1c(F)cccc1F)C(=O)c1ccc(F)cc1)Nc1ccc(F)c(Cl)c1. The topological polar surface area (TPSA) is 49.4 Å². The molecule has 0 aliphatic carbocycles. The Hall–Kier alpha value is -3.39. The molecule has 0 atom stereocenters. The van der Waals surface area contributed by atoms with Crippen molar-refractivity contribution in [1.82, 2.24) is 4.90 Å². The minimum Gasteiger partial charge on any atom is -0.325 e. The van der Waals surface area contributed by atoms with E-state index in [4.69, 9.17) is 11.6 Å². The zero-order chi connectivity index (χ0) is 22.5. The Morgan fingerprint density at radius 2 is 1.52 bits per heavy atom. The van der Waals surface area contributed by atoms with Crippen molar-refractivity contribution < 1.29 is 27.2 Å². The van der Waals surface area contributed by atoms with Crippen molar-refractivity contribution >= 4 is 29.1 Å². The number of carbonyl (C=O) groups excluding carboxylic acids is 2. The molecule has 0 aliphatic heterocycles. The van der Waals surface area contributed by atoms with Gasteiger partial charge in [0.15, 0.2) is 0 Å². The zero-order valence-electron chi connectivity index (χ0n) is 15.8. The van der Waals surface area contributed by atoms with Gasteiger partial charge in [-0.15, -0.1) is 0 Å². The van der Waals surface area contributed by atoms with Crippen molar-refractivity contribution in [2.24, 2.45) is 0 Å². The summed E-state index contributed by atoms with van der Waals surface area (Å²) in [6.07, 6.45) is 0. The summed E-state index contributed by atoms with van der Waals surface area (Å²) in [7, 11) is 0. The third-order valence-electron chi connectivity index (χ3n) is 4.33. The van der Waals surface area contributed by atoms with Gasteiger partial charge in [-0.25, -0.2) is 17.6 Å². The number of rotatable bonds is 6. The fourth-order valence-corrected chi connectivity index (χ4v) is 2.98. The van der Waals surface area contributed by atoms with E-state index in [2.05, 4.69) is 5.32 Å². The second-order valence-corrected chi connectivity index (χ2v) is 6.95. The quantitative estimate of drug-likeness (QED) is 0.526. The summed E-state index contributed by atoms with van der Waals surface area (Å²) < 4.78 is 54.7.